The second-order valence-electron chi connectivity index (χ2n) is 7.11. The zero-order valence-corrected chi connectivity index (χ0v) is 12.5. The normalized spacial score (nSPS) is 37.2. The van der Waals surface area contributed by atoms with Crippen LogP contribution in [-0.4, -0.2) is 43.5 Å². The van der Waals surface area contributed by atoms with Crippen LogP contribution >= 0.6 is 0 Å². The average Bonchev–Trinajstić information content (AvgIpc) is 3.07. The van der Waals surface area contributed by atoms with Crippen molar-refractivity contribution in [3.05, 3.63) is 0 Å². The number of nitrogens with two attached hydrogens (primary N) is 1. The van der Waals surface area contributed by atoms with E-state index in [2.05, 4.69) is 10.2 Å². The highest BCUT2D eigenvalue weighted by atomic mass is 16.1. The Kier molecular flexibility index (Phi) is 4.61. The largest absolute Gasteiger partial charge is 0.355 e. The molecule has 4 unspecified atom stereocenters. The van der Waals surface area contributed by atoms with Crippen LogP contribution in [0.1, 0.15) is 38.5 Å². The van der Waals surface area contributed by atoms with E-state index in [9.17, 15) is 4.79 Å². The van der Waals surface area contributed by atoms with E-state index in [0.717, 1.165) is 30.7 Å². The third-order valence-corrected chi connectivity index (χ3v) is 5.70. The summed E-state index contributed by atoms with van der Waals surface area (Å²) in [5.41, 5.74) is 5.45. The lowest BCUT2D eigenvalue weighted by atomic mass is 9.87. The number of amides is 1. The molecule has 0 aromatic rings. The van der Waals surface area contributed by atoms with Gasteiger partial charge in [0.2, 0.25) is 5.91 Å². The molecule has 3 aliphatic rings. The Labute approximate surface area is 122 Å². The first-order valence-corrected chi connectivity index (χ1v) is 8.46. The molecule has 0 spiro atoms. The summed E-state index contributed by atoms with van der Waals surface area (Å²) in [5, 5.41) is 2.95. The van der Waals surface area contributed by atoms with Gasteiger partial charge >= 0.3 is 0 Å². The van der Waals surface area contributed by atoms with E-state index >= 15 is 0 Å². The summed E-state index contributed by atoms with van der Waals surface area (Å²) in [6.45, 7) is 4.54. The number of piperidine rings is 1. The molecule has 2 saturated carbocycles. The highest BCUT2D eigenvalue weighted by Gasteiger charge is 2.40. The molecule has 1 heterocycles. The van der Waals surface area contributed by atoms with Crippen molar-refractivity contribution in [3.8, 4) is 0 Å². The number of carbonyl (C=O) groups excluding carboxylic acids is 1. The second-order valence-corrected chi connectivity index (χ2v) is 7.11. The summed E-state index contributed by atoms with van der Waals surface area (Å²) in [6.07, 6.45) is 8.09. The number of likely N-dealkylation sites (tertiary alicyclic amines) is 1. The topological polar surface area (TPSA) is 58.4 Å². The number of carbonyl (C=O) groups is 1. The molecule has 0 radical (unpaired) electrons. The maximum atomic E-state index is 12.1. The summed E-state index contributed by atoms with van der Waals surface area (Å²) >= 11 is 0. The van der Waals surface area contributed by atoms with Crippen molar-refractivity contribution >= 4 is 5.91 Å². The molecule has 4 nitrogen and oxygen atoms in total. The summed E-state index contributed by atoms with van der Waals surface area (Å²) in [5.74, 6) is 3.34. The van der Waals surface area contributed by atoms with E-state index in [1.807, 2.05) is 0 Å². The predicted octanol–water partition coefficient (Wildman–Crippen LogP) is 1.21. The molecule has 114 valence electrons. The van der Waals surface area contributed by atoms with E-state index in [1.165, 1.54) is 45.2 Å². The number of nitrogens with one attached hydrogen (secondary N) is 1. The molecular formula is C16H29N3O. The quantitative estimate of drug-likeness (QED) is 0.795. The molecule has 1 saturated heterocycles. The molecule has 3 fully saturated rings. The fourth-order valence-electron chi connectivity index (χ4n) is 4.71. The van der Waals surface area contributed by atoms with Crippen LogP contribution in [0.3, 0.4) is 0 Å². The van der Waals surface area contributed by atoms with Crippen LogP contribution in [0.25, 0.3) is 0 Å². The van der Waals surface area contributed by atoms with Crippen LogP contribution in [0.5, 0.6) is 0 Å². The van der Waals surface area contributed by atoms with Crippen LogP contribution in [0, 0.1) is 23.7 Å². The molecule has 4 heteroatoms. The van der Waals surface area contributed by atoms with Gasteiger partial charge in [-0.25, -0.2) is 0 Å². The highest BCUT2D eigenvalue weighted by Crippen LogP contribution is 2.48. The molecule has 3 rings (SSSR count). The molecule has 2 bridgehead atoms. The molecule has 1 amide bonds. The Morgan fingerprint density at radius 1 is 1.25 bits per heavy atom. The molecule has 2 aliphatic carbocycles. The number of hydrogen-bond donors (Lipinski definition) is 2. The Balaban J connectivity index is 1.47. The van der Waals surface area contributed by atoms with Gasteiger partial charge in [-0.15, -0.1) is 0 Å². The molecule has 20 heavy (non-hydrogen) atoms. The summed E-state index contributed by atoms with van der Waals surface area (Å²) in [6, 6.07) is 0. The standard InChI is InChI=1S/C16H29N3O/c17-5-6-18-16(20)14-2-1-7-19(10-14)11-15-9-12-3-4-13(15)8-12/h12-15H,1-11,17H2,(H,18,20). The van der Waals surface area contributed by atoms with E-state index in [0.29, 0.717) is 13.1 Å². The zero-order valence-electron chi connectivity index (χ0n) is 12.5. The van der Waals surface area contributed by atoms with Gasteiger partial charge in [-0.3, -0.25) is 4.79 Å². The number of hydrogen-bond acceptors (Lipinski definition) is 3. The maximum absolute atomic E-state index is 12.1. The minimum Gasteiger partial charge on any atom is -0.355 e. The van der Waals surface area contributed by atoms with Crippen molar-refractivity contribution in [2.45, 2.75) is 38.5 Å². The summed E-state index contributed by atoms with van der Waals surface area (Å²) < 4.78 is 0. The number of rotatable bonds is 5. The monoisotopic (exact) mass is 279 g/mol. The van der Waals surface area contributed by atoms with Crippen LogP contribution in [0.2, 0.25) is 0 Å². The Hall–Kier alpha value is -0.610. The SMILES string of the molecule is NCCNC(=O)C1CCCN(CC2CC3CCC2C3)C1. The van der Waals surface area contributed by atoms with Gasteiger partial charge in [0.05, 0.1) is 5.92 Å². The highest BCUT2D eigenvalue weighted by molar-refractivity contribution is 5.78. The molecular weight excluding hydrogens is 250 g/mol. The minimum absolute atomic E-state index is 0.189. The first-order chi connectivity index (χ1) is 9.76. The first kappa shape index (κ1) is 14.3. The lowest BCUT2D eigenvalue weighted by molar-refractivity contribution is -0.126. The minimum atomic E-state index is 0.189. The predicted molar refractivity (Wildman–Crippen MR) is 80.2 cm³/mol. The van der Waals surface area contributed by atoms with E-state index in [-0.39, 0.29) is 11.8 Å². The third-order valence-electron chi connectivity index (χ3n) is 5.70. The van der Waals surface area contributed by atoms with Crippen molar-refractivity contribution < 1.29 is 4.79 Å². The van der Waals surface area contributed by atoms with Crippen LogP contribution in [-0.2, 0) is 4.79 Å². The van der Waals surface area contributed by atoms with Crippen molar-refractivity contribution in [2.75, 3.05) is 32.7 Å². The van der Waals surface area contributed by atoms with Crippen molar-refractivity contribution in [2.24, 2.45) is 29.4 Å². The third kappa shape index (κ3) is 3.17. The van der Waals surface area contributed by atoms with Crippen LogP contribution in [0.15, 0.2) is 0 Å². The van der Waals surface area contributed by atoms with E-state index in [1.54, 1.807) is 0 Å². The van der Waals surface area contributed by atoms with Crippen LogP contribution < -0.4 is 11.1 Å². The smallest absolute Gasteiger partial charge is 0.224 e. The molecule has 3 N–H and O–H groups in total. The van der Waals surface area contributed by atoms with Crippen molar-refractivity contribution in [1.29, 1.82) is 0 Å². The molecule has 0 aromatic heterocycles. The molecule has 1 aliphatic heterocycles. The Bertz CT molecular complexity index is 347. The lowest BCUT2D eigenvalue weighted by Crippen LogP contribution is -2.45. The Morgan fingerprint density at radius 2 is 2.15 bits per heavy atom. The number of fused-ring (bicyclic) bond motifs is 2. The fourth-order valence-corrected chi connectivity index (χ4v) is 4.71. The van der Waals surface area contributed by atoms with Crippen molar-refractivity contribution in [1.82, 2.24) is 10.2 Å². The second kappa shape index (κ2) is 6.44. The van der Waals surface area contributed by atoms with Gasteiger partial charge in [0.1, 0.15) is 0 Å². The van der Waals surface area contributed by atoms with Gasteiger partial charge < -0.3 is 16.0 Å². The number of nitrogens with zero attached hydrogens (tertiary/aromatic N) is 1. The Morgan fingerprint density at radius 3 is 2.85 bits per heavy atom. The van der Waals surface area contributed by atoms with Gasteiger partial charge in [0.25, 0.3) is 0 Å². The molecule has 4 atom stereocenters. The van der Waals surface area contributed by atoms with Gasteiger partial charge in [-0.2, -0.15) is 0 Å². The molecule has 0 aromatic carbocycles. The van der Waals surface area contributed by atoms with Crippen LogP contribution in [0.4, 0.5) is 0 Å². The van der Waals surface area contributed by atoms with Gasteiger partial charge in [-0.05, 0) is 56.4 Å². The summed E-state index contributed by atoms with van der Waals surface area (Å²) in [4.78, 5) is 14.6. The lowest BCUT2D eigenvalue weighted by Gasteiger charge is -2.35. The van der Waals surface area contributed by atoms with Crippen molar-refractivity contribution in [3.63, 3.8) is 0 Å². The van der Waals surface area contributed by atoms with Gasteiger partial charge in [0.15, 0.2) is 0 Å². The average molecular weight is 279 g/mol. The van der Waals surface area contributed by atoms with Gasteiger partial charge in [-0.1, -0.05) is 6.42 Å². The first-order valence-electron chi connectivity index (χ1n) is 8.46. The fraction of sp³-hybridized carbons (Fsp3) is 0.938. The summed E-state index contributed by atoms with van der Waals surface area (Å²) in [7, 11) is 0. The van der Waals surface area contributed by atoms with Gasteiger partial charge in [0, 0.05) is 26.2 Å². The maximum Gasteiger partial charge on any atom is 0.224 e. The van der Waals surface area contributed by atoms with E-state index in [4.69, 9.17) is 5.73 Å². The van der Waals surface area contributed by atoms with E-state index < -0.39 is 0 Å². The zero-order chi connectivity index (χ0) is 13.9.